The van der Waals surface area contributed by atoms with Gasteiger partial charge in [-0.15, -0.1) is 0 Å². The first-order chi connectivity index (χ1) is 17.6. The molecule has 4 nitrogen and oxygen atoms in total. The second-order valence-electron chi connectivity index (χ2n) is 11.2. The van der Waals surface area contributed by atoms with Crippen molar-refractivity contribution in [3.63, 3.8) is 0 Å². The van der Waals surface area contributed by atoms with E-state index in [1.54, 1.807) is 19.2 Å². The summed E-state index contributed by atoms with van der Waals surface area (Å²) in [5.74, 6) is 0.266. The highest BCUT2D eigenvalue weighted by Crippen LogP contribution is 2.48. The van der Waals surface area contributed by atoms with Crippen LogP contribution in [0.5, 0.6) is 11.5 Å². The summed E-state index contributed by atoms with van der Waals surface area (Å²) in [6.45, 7) is 6.82. The molecule has 1 unspecified atom stereocenters. The van der Waals surface area contributed by atoms with Gasteiger partial charge in [-0.25, -0.2) is 4.39 Å². The van der Waals surface area contributed by atoms with Crippen LogP contribution in [0.15, 0.2) is 60.7 Å². The summed E-state index contributed by atoms with van der Waals surface area (Å²) in [5, 5.41) is 9.30. The van der Waals surface area contributed by atoms with E-state index in [2.05, 4.69) is 26.0 Å². The molecule has 37 heavy (non-hydrogen) atoms. The van der Waals surface area contributed by atoms with E-state index in [1.165, 1.54) is 17.2 Å². The lowest BCUT2D eigenvalue weighted by Gasteiger charge is -2.40. The van der Waals surface area contributed by atoms with Crippen molar-refractivity contribution in [3.8, 4) is 22.6 Å². The lowest BCUT2D eigenvalue weighted by Crippen LogP contribution is -2.37. The maximum absolute atomic E-state index is 15.0. The van der Waals surface area contributed by atoms with Gasteiger partial charge < -0.3 is 14.6 Å². The average Bonchev–Trinajstić information content (AvgIpc) is 3.21. The fourth-order valence-corrected chi connectivity index (χ4v) is 5.87. The molecule has 0 spiro atoms. The number of carbonyl (C=O) groups is 1. The molecule has 1 atom stereocenters. The molecule has 0 amide bonds. The highest BCUT2D eigenvalue weighted by molar-refractivity contribution is 5.85. The summed E-state index contributed by atoms with van der Waals surface area (Å²) in [6, 6.07) is 16.9. The van der Waals surface area contributed by atoms with Crippen molar-refractivity contribution in [2.45, 2.75) is 58.5 Å². The zero-order chi connectivity index (χ0) is 26.4. The van der Waals surface area contributed by atoms with E-state index in [1.807, 2.05) is 37.3 Å². The van der Waals surface area contributed by atoms with Gasteiger partial charge >= 0.3 is 5.97 Å². The summed E-state index contributed by atoms with van der Waals surface area (Å²) in [4.78, 5) is 11.3. The predicted molar refractivity (Wildman–Crippen MR) is 143 cm³/mol. The normalized spacial score (nSPS) is 19.5. The van der Waals surface area contributed by atoms with Crippen LogP contribution in [-0.2, 0) is 23.2 Å². The largest absolute Gasteiger partial charge is 0.497 e. The minimum Gasteiger partial charge on any atom is -0.497 e. The van der Waals surface area contributed by atoms with E-state index >= 15 is 4.39 Å². The number of methoxy groups -OCH3 is 1. The number of ether oxygens (including phenoxy) is 2. The van der Waals surface area contributed by atoms with Gasteiger partial charge in [-0.2, -0.15) is 0 Å². The van der Waals surface area contributed by atoms with Crippen LogP contribution in [0.25, 0.3) is 16.7 Å². The second kappa shape index (κ2) is 9.37. The number of fused-ring (bicyclic) bond motifs is 1. The number of aliphatic carboxylic acids is 1. The zero-order valence-electron chi connectivity index (χ0n) is 21.9. The van der Waals surface area contributed by atoms with Gasteiger partial charge in [-0.1, -0.05) is 45.0 Å². The number of hydrogen-bond acceptors (Lipinski definition) is 3. The third-order valence-electron chi connectivity index (χ3n) is 7.94. The maximum Gasteiger partial charge on any atom is 0.304 e. The van der Waals surface area contributed by atoms with Gasteiger partial charge in [-0.3, -0.25) is 4.79 Å². The van der Waals surface area contributed by atoms with Gasteiger partial charge in [0.1, 0.15) is 23.9 Å². The van der Waals surface area contributed by atoms with E-state index < -0.39 is 5.97 Å². The van der Waals surface area contributed by atoms with Crippen molar-refractivity contribution in [1.82, 2.24) is 0 Å². The second-order valence-corrected chi connectivity index (χ2v) is 11.2. The molecule has 0 saturated carbocycles. The number of benzene rings is 3. The van der Waals surface area contributed by atoms with Crippen molar-refractivity contribution in [3.05, 3.63) is 88.7 Å². The maximum atomic E-state index is 15.0. The molecule has 192 valence electrons. The van der Waals surface area contributed by atoms with Crippen molar-refractivity contribution in [2.24, 2.45) is 5.41 Å². The lowest BCUT2D eigenvalue weighted by atomic mass is 9.63. The zero-order valence-corrected chi connectivity index (χ0v) is 21.9. The highest BCUT2D eigenvalue weighted by atomic mass is 19.1. The molecule has 2 aliphatic carbocycles. The molecule has 3 aromatic rings. The molecule has 0 radical (unpaired) electrons. The molecule has 3 aromatic carbocycles. The molecule has 0 heterocycles. The minimum absolute atomic E-state index is 0.0140. The standard InChI is InChI=1S/C32H33FO4/c1-31(2)13-5-6-27(31)25-14-20(7-11-24(25)26-15-22(36-4)10-12-29(26)33)19-37-23-9-8-21-17-32(3,18-30(34)35)28(21)16-23/h6-12,14-16H,5,13,17-19H2,1-4H3,(H,34,35). The number of allylic oxidation sites excluding steroid dienone is 2. The van der Waals surface area contributed by atoms with Crippen molar-refractivity contribution < 1.29 is 23.8 Å². The first-order valence-electron chi connectivity index (χ1n) is 12.8. The van der Waals surface area contributed by atoms with E-state index in [0.29, 0.717) is 17.9 Å². The Bertz CT molecular complexity index is 1400. The minimum atomic E-state index is -0.788. The number of halogens is 1. The average molecular weight is 501 g/mol. The number of rotatable bonds is 8. The molecule has 0 aromatic heterocycles. The monoisotopic (exact) mass is 500 g/mol. The summed E-state index contributed by atoms with van der Waals surface area (Å²) in [6.07, 6.45) is 5.19. The van der Waals surface area contributed by atoms with Gasteiger partial charge in [0.2, 0.25) is 0 Å². The summed E-state index contributed by atoms with van der Waals surface area (Å²) >= 11 is 0. The first-order valence-corrected chi connectivity index (χ1v) is 12.8. The molecule has 1 N–H and O–H groups in total. The van der Waals surface area contributed by atoms with Crippen molar-refractivity contribution >= 4 is 11.5 Å². The van der Waals surface area contributed by atoms with Gasteiger partial charge in [-0.05, 0) is 94.5 Å². The molecule has 2 aliphatic rings. The Morgan fingerprint density at radius 2 is 1.76 bits per heavy atom. The third-order valence-corrected chi connectivity index (χ3v) is 7.94. The van der Waals surface area contributed by atoms with Gasteiger partial charge in [0.15, 0.2) is 0 Å². The number of carboxylic acids is 1. The number of hydrogen-bond donors (Lipinski definition) is 1. The smallest absolute Gasteiger partial charge is 0.304 e. The molecule has 5 heteroatoms. The fraction of sp³-hybridized carbons (Fsp3) is 0.344. The van der Waals surface area contributed by atoms with Gasteiger partial charge in [0, 0.05) is 11.0 Å². The van der Waals surface area contributed by atoms with Crippen LogP contribution in [0.4, 0.5) is 4.39 Å². The van der Waals surface area contributed by atoms with Crippen LogP contribution >= 0.6 is 0 Å². The molecular weight excluding hydrogens is 467 g/mol. The quantitative estimate of drug-likeness (QED) is 0.347. The topological polar surface area (TPSA) is 55.8 Å². The molecule has 0 bridgehead atoms. The van der Waals surface area contributed by atoms with Crippen molar-refractivity contribution in [2.75, 3.05) is 7.11 Å². The van der Waals surface area contributed by atoms with Crippen LogP contribution in [-0.4, -0.2) is 18.2 Å². The number of carboxylic acid groups (broad SMARTS) is 1. The Morgan fingerprint density at radius 1 is 0.973 bits per heavy atom. The predicted octanol–water partition coefficient (Wildman–Crippen LogP) is 7.57. The SMILES string of the molecule is COc1ccc(F)c(-c2ccc(COc3ccc4c(c3)C(C)(CC(=O)O)C4)cc2C2=CCCC2(C)C)c1. The van der Waals surface area contributed by atoms with Crippen LogP contribution in [0.2, 0.25) is 0 Å². The summed E-state index contributed by atoms with van der Waals surface area (Å²) in [7, 11) is 1.59. The molecule has 5 rings (SSSR count). The Balaban J connectivity index is 1.46. The lowest BCUT2D eigenvalue weighted by molar-refractivity contribution is -0.138. The summed E-state index contributed by atoms with van der Waals surface area (Å²) < 4.78 is 26.6. The molecule has 0 saturated heterocycles. The Kier molecular flexibility index (Phi) is 6.35. The Morgan fingerprint density at radius 3 is 2.46 bits per heavy atom. The van der Waals surface area contributed by atoms with E-state index in [0.717, 1.165) is 47.3 Å². The Hall–Kier alpha value is -3.60. The first kappa shape index (κ1) is 25.1. The van der Waals surface area contributed by atoms with Crippen LogP contribution in [0.3, 0.4) is 0 Å². The Labute approximate surface area is 217 Å². The van der Waals surface area contributed by atoms with E-state index in [9.17, 15) is 9.90 Å². The third kappa shape index (κ3) is 4.75. The highest BCUT2D eigenvalue weighted by Gasteiger charge is 2.40. The molecule has 0 aliphatic heterocycles. The van der Waals surface area contributed by atoms with Crippen LogP contribution < -0.4 is 9.47 Å². The fourth-order valence-electron chi connectivity index (χ4n) is 5.87. The summed E-state index contributed by atoms with van der Waals surface area (Å²) in [5.41, 5.74) is 6.45. The molecule has 0 fully saturated rings. The van der Waals surface area contributed by atoms with Crippen LogP contribution in [0.1, 0.15) is 62.3 Å². The van der Waals surface area contributed by atoms with Gasteiger partial charge in [0.05, 0.1) is 13.5 Å². The van der Waals surface area contributed by atoms with Gasteiger partial charge in [0.25, 0.3) is 0 Å². The van der Waals surface area contributed by atoms with E-state index in [4.69, 9.17) is 9.47 Å². The molecular formula is C32H33FO4. The van der Waals surface area contributed by atoms with Crippen molar-refractivity contribution in [1.29, 1.82) is 0 Å². The van der Waals surface area contributed by atoms with Crippen LogP contribution in [0, 0.1) is 11.2 Å². The van der Waals surface area contributed by atoms with E-state index in [-0.39, 0.29) is 23.1 Å².